The van der Waals surface area contributed by atoms with E-state index in [1.165, 1.54) is 0 Å². The number of anilines is 1. The van der Waals surface area contributed by atoms with Crippen molar-refractivity contribution in [2.75, 3.05) is 18.0 Å². The van der Waals surface area contributed by atoms with Gasteiger partial charge in [0.15, 0.2) is 5.82 Å². The van der Waals surface area contributed by atoms with E-state index >= 15 is 0 Å². The highest BCUT2D eigenvalue weighted by Crippen LogP contribution is 2.30. The zero-order chi connectivity index (χ0) is 18.8. The van der Waals surface area contributed by atoms with Gasteiger partial charge in [-0.25, -0.2) is 15.0 Å². The lowest BCUT2D eigenvalue weighted by molar-refractivity contribution is -0.121. The number of terminal acetylenes is 1. The highest BCUT2D eigenvalue weighted by Gasteiger charge is 2.31. The number of nitrogens with zero attached hydrogens (tertiary/aromatic N) is 4. The Bertz CT molecular complexity index is 1040. The van der Waals surface area contributed by atoms with Gasteiger partial charge in [0, 0.05) is 36.1 Å². The van der Waals surface area contributed by atoms with E-state index in [-0.39, 0.29) is 18.5 Å². The van der Waals surface area contributed by atoms with Crippen LogP contribution in [0, 0.1) is 12.3 Å². The first-order valence-corrected chi connectivity index (χ1v) is 8.99. The number of aromatic amines is 1. The molecule has 1 saturated heterocycles. The van der Waals surface area contributed by atoms with Crippen LogP contribution in [0.15, 0.2) is 30.7 Å². The molecule has 8 heteroatoms. The Balaban J connectivity index is 1.67. The summed E-state index contributed by atoms with van der Waals surface area (Å²) in [6.45, 7) is 0.979. The lowest BCUT2D eigenvalue weighted by atomic mass is 10.2. The summed E-state index contributed by atoms with van der Waals surface area (Å²) in [5.74, 6) is 3.62. The van der Waals surface area contributed by atoms with Crippen molar-refractivity contribution in [2.45, 2.75) is 18.9 Å². The molecule has 1 aliphatic rings. The van der Waals surface area contributed by atoms with Crippen molar-refractivity contribution in [1.82, 2.24) is 25.3 Å². The molecule has 1 aliphatic heterocycles. The van der Waals surface area contributed by atoms with Gasteiger partial charge < -0.3 is 15.2 Å². The molecule has 4 rings (SSSR count). The standard InChI is InChI=1S/C19H17ClN6O/c1-2-6-22-19(27)15-4-3-8-26(15)16-5-7-21-18(25-16)14-11-24-17-13(14)9-12(20)10-23-17/h1,5,7,9-11,15H,3-4,6,8H2,(H,22,27)(H,23,24)/t15-/m1/s1. The molecular weight excluding hydrogens is 364 g/mol. The number of carbonyl (C=O) groups excluding carboxylic acids is 1. The van der Waals surface area contributed by atoms with Crippen molar-refractivity contribution in [3.63, 3.8) is 0 Å². The summed E-state index contributed by atoms with van der Waals surface area (Å²) in [6, 6.07) is 3.37. The molecule has 4 heterocycles. The van der Waals surface area contributed by atoms with Crippen LogP contribution < -0.4 is 10.2 Å². The monoisotopic (exact) mass is 380 g/mol. The SMILES string of the molecule is C#CCNC(=O)[C@H]1CCCN1c1ccnc(-c2c[nH]c3ncc(Cl)cc23)n1. The maximum atomic E-state index is 12.4. The van der Waals surface area contributed by atoms with Crippen LogP contribution in [-0.4, -0.2) is 45.0 Å². The second kappa shape index (κ2) is 7.25. The number of fused-ring (bicyclic) bond motifs is 1. The first kappa shape index (κ1) is 17.3. The minimum Gasteiger partial charge on any atom is -0.345 e. The molecule has 0 unspecified atom stereocenters. The number of pyridine rings is 1. The van der Waals surface area contributed by atoms with E-state index in [1.807, 2.05) is 23.2 Å². The number of carbonyl (C=O) groups is 1. The van der Waals surface area contributed by atoms with Crippen molar-refractivity contribution in [1.29, 1.82) is 0 Å². The Morgan fingerprint density at radius 3 is 3.22 bits per heavy atom. The first-order chi connectivity index (χ1) is 13.2. The lowest BCUT2D eigenvalue weighted by Gasteiger charge is -2.24. The van der Waals surface area contributed by atoms with Gasteiger partial charge in [-0.15, -0.1) is 6.42 Å². The van der Waals surface area contributed by atoms with Crippen LogP contribution in [0.5, 0.6) is 0 Å². The fraction of sp³-hybridized carbons (Fsp3) is 0.263. The van der Waals surface area contributed by atoms with E-state index in [1.54, 1.807) is 12.4 Å². The maximum Gasteiger partial charge on any atom is 0.243 e. The molecule has 0 spiro atoms. The molecule has 1 amide bonds. The smallest absolute Gasteiger partial charge is 0.243 e. The molecule has 0 saturated carbocycles. The average Bonchev–Trinajstić information content (AvgIpc) is 3.33. The Morgan fingerprint density at radius 2 is 2.37 bits per heavy atom. The fourth-order valence-corrected chi connectivity index (χ4v) is 3.53. The third-order valence-electron chi connectivity index (χ3n) is 4.59. The van der Waals surface area contributed by atoms with Crippen LogP contribution in [0.1, 0.15) is 12.8 Å². The zero-order valence-electron chi connectivity index (χ0n) is 14.4. The van der Waals surface area contributed by atoms with Crippen molar-refractivity contribution in [3.05, 3.63) is 35.7 Å². The number of rotatable bonds is 4. The molecule has 1 fully saturated rings. The Labute approximate surface area is 161 Å². The average molecular weight is 381 g/mol. The maximum absolute atomic E-state index is 12.4. The molecule has 136 valence electrons. The summed E-state index contributed by atoms with van der Waals surface area (Å²) >= 11 is 6.08. The van der Waals surface area contributed by atoms with Crippen LogP contribution in [-0.2, 0) is 4.79 Å². The van der Waals surface area contributed by atoms with Gasteiger partial charge in [0.05, 0.1) is 11.6 Å². The van der Waals surface area contributed by atoms with E-state index in [2.05, 4.69) is 26.2 Å². The minimum absolute atomic E-state index is 0.0753. The largest absolute Gasteiger partial charge is 0.345 e. The van der Waals surface area contributed by atoms with E-state index in [0.717, 1.165) is 36.0 Å². The Morgan fingerprint density at radius 1 is 1.48 bits per heavy atom. The van der Waals surface area contributed by atoms with E-state index in [0.29, 0.717) is 16.7 Å². The van der Waals surface area contributed by atoms with Crippen LogP contribution >= 0.6 is 11.6 Å². The van der Waals surface area contributed by atoms with Crippen molar-refractivity contribution in [3.8, 4) is 23.7 Å². The molecule has 1 atom stereocenters. The van der Waals surface area contributed by atoms with Gasteiger partial charge in [0.25, 0.3) is 0 Å². The van der Waals surface area contributed by atoms with Crippen molar-refractivity contribution < 1.29 is 4.79 Å². The number of nitrogens with one attached hydrogen (secondary N) is 2. The van der Waals surface area contributed by atoms with Crippen molar-refractivity contribution >= 4 is 34.4 Å². The summed E-state index contributed by atoms with van der Waals surface area (Å²) in [5.41, 5.74) is 1.53. The van der Waals surface area contributed by atoms with Gasteiger partial charge in [-0.2, -0.15) is 0 Å². The van der Waals surface area contributed by atoms with E-state index in [9.17, 15) is 4.79 Å². The molecule has 0 aromatic carbocycles. The van der Waals surface area contributed by atoms with Crippen LogP contribution in [0.25, 0.3) is 22.4 Å². The number of hydrogen-bond donors (Lipinski definition) is 2. The molecule has 3 aromatic rings. The van der Waals surface area contributed by atoms with Gasteiger partial charge in [-0.05, 0) is 25.0 Å². The Kier molecular flexibility index (Phi) is 4.65. The fourth-order valence-electron chi connectivity index (χ4n) is 3.37. The normalized spacial score (nSPS) is 16.4. The predicted molar refractivity (Wildman–Crippen MR) is 104 cm³/mol. The summed E-state index contributed by atoms with van der Waals surface area (Å²) in [4.78, 5) is 30.9. The second-order valence-electron chi connectivity index (χ2n) is 6.26. The second-order valence-corrected chi connectivity index (χ2v) is 6.70. The molecular formula is C19H17ClN6O. The molecule has 7 nitrogen and oxygen atoms in total. The summed E-state index contributed by atoms with van der Waals surface area (Å²) in [6.07, 6.45) is 12.0. The topological polar surface area (TPSA) is 86.8 Å². The first-order valence-electron chi connectivity index (χ1n) is 8.61. The Hall–Kier alpha value is -3.11. The van der Waals surface area contributed by atoms with Crippen molar-refractivity contribution in [2.24, 2.45) is 0 Å². The van der Waals surface area contributed by atoms with Gasteiger partial charge in [0.1, 0.15) is 17.5 Å². The van der Waals surface area contributed by atoms with E-state index < -0.39 is 0 Å². The molecule has 0 bridgehead atoms. The highest BCUT2D eigenvalue weighted by molar-refractivity contribution is 6.31. The van der Waals surface area contributed by atoms with Gasteiger partial charge >= 0.3 is 0 Å². The van der Waals surface area contributed by atoms with Crippen LogP contribution in [0.3, 0.4) is 0 Å². The molecule has 0 radical (unpaired) electrons. The molecule has 2 N–H and O–H groups in total. The van der Waals surface area contributed by atoms with Gasteiger partial charge in [-0.1, -0.05) is 17.5 Å². The van der Waals surface area contributed by atoms with E-state index in [4.69, 9.17) is 23.0 Å². The number of H-pyrrole nitrogens is 1. The number of hydrogen-bond acceptors (Lipinski definition) is 5. The molecule has 27 heavy (non-hydrogen) atoms. The quantitative estimate of drug-likeness (QED) is 0.679. The molecule has 0 aliphatic carbocycles. The third-order valence-corrected chi connectivity index (χ3v) is 4.80. The zero-order valence-corrected chi connectivity index (χ0v) is 15.2. The minimum atomic E-state index is -0.278. The summed E-state index contributed by atoms with van der Waals surface area (Å²) in [7, 11) is 0. The van der Waals surface area contributed by atoms with Crippen LogP contribution in [0.4, 0.5) is 5.82 Å². The van der Waals surface area contributed by atoms with Crippen LogP contribution in [0.2, 0.25) is 5.02 Å². The number of aromatic nitrogens is 4. The molecule has 3 aromatic heterocycles. The van der Waals surface area contributed by atoms with Gasteiger partial charge in [-0.3, -0.25) is 4.79 Å². The summed E-state index contributed by atoms with van der Waals surface area (Å²) < 4.78 is 0. The predicted octanol–water partition coefficient (Wildman–Crippen LogP) is 2.39. The highest BCUT2D eigenvalue weighted by atomic mass is 35.5. The summed E-state index contributed by atoms with van der Waals surface area (Å²) in [5, 5.41) is 4.16. The number of halogens is 1. The lowest BCUT2D eigenvalue weighted by Crippen LogP contribution is -2.43. The number of amides is 1. The third kappa shape index (κ3) is 3.32. The van der Waals surface area contributed by atoms with Gasteiger partial charge in [0.2, 0.25) is 5.91 Å².